The van der Waals surface area contributed by atoms with Gasteiger partial charge in [0.25, 0.3) is 0 Å². The van der Waals surface area contributed by atoms with Crippen LogP contribution in [0.15, 0.2) is 11.6 Å². The van der Waals surface area contributed by atoms with Gasteiger partial charge in [-0.15, -0.1) is 0 Å². The Bertz CT molecular complexity index is 66.5. The van der Waals surface area contributed by atoms with Gasteiger partial charge < -0.3 is 0 Å². The van der Waals surface area contributed by atoms with Crippen LogP contribution < -0.4 is 0 Å². The summed E-state index contributed by atoms with van der Waals surface area (Å²) >= 11 is 4.71. The van der Waals surface area contributed by atoms with Crippen LogP contribution >= 0.6 is 45.2 Å². The van der Waals surface area contributed by atoms with Crippen LogP contribution in [0.4, 0.5) is 0 Å². The molecule has 0 bridgehead atoms. The van der Waals surface area contributed by atoms with Crippen molar-refractivity contribution in [2.75, 3.05) is 8.86 Å². The van der Waals surface area contributed by atoms with Gasteiger partial charge in [0.2, 0.25) is 0 Å². The van der Waals surface area contributed by atoms with Crippen molar-refractivity contribution in [3.8, 4) is 0 Å². The topological polar surface area (TPSA) is 0 Å². The summed E-state index contributed by atoms with van der Waals surface area (Å²) in [5.41, 5.74) is 1.48. The van der Waals surface area contributed by atoms with Gasteiger partial charge in [0.05, 0.1) is 0 Å². The van der Waals surface area contributed by atoms with Crippen LogP contribution in [-0.4, -0.2) is 8.86 Å². The lowest BCUT2D eigenvalue weighted by atomic mass is 10.3. The van der Waals surface area contributed by atoms with E-state index in [9.17, 15) is 0 Å². The van der Waals surface area contributed by atoms with Gasteiger partial charge in [-0.1, -0.05) is 56.8 Å². The van der Waals surface area contributed by atoms with Crippen molar-refractivity contribution in [2.45, 2.75) is 6.92 Å². The van der Waals surface area contributed by atoms with Crippen molar-refractivity contribution < 1.29 is 0 Å². The second kappa shape index (κ2) is 5.34. The molecule has 0 amide bonds. The van der Waals surface area contributed by atoms with E-state index in [0.29, 0.717) is 0 Å². The zero-order valence-corrected chi connectivity index (χ0v) is 8.56. The molecule has 0 unspecified atom stereocenters. The Balaban J connectivity index is 3.29. The summed E-state index contributed by atoms with van der Waals surface area (Å²) in [6.45, 7) is 2.16. The first-order valence-corrected chi connectivity index (χ1v) is 5.14. The summed E-state index contributed by atoms with van der Waals surface area (Å²) in [6, 6.07) is 0. The lowest BCUT2D eigenvalue weighted by Gasteiger charge is -1.86. The number of hydrogen-bond donors (Lipinski definition) is 0. The second-order valence-electron chi connectivity index (χ2n) is 1.34. The summed E-state index contributed by atoms with van der Waals surface area (Å²) < 4.78 is 2.31. The molecule has 0 radical (unpaired) electrons. The van der Waals surface area contributed by atoms with Crippen molar-refractivity contribution in [2.24, 2.45) is 0 Å². The average Bonchev–Trinajstić information content (AvgIpc) is 1.68. The normalized spacial score (nSPS) is 12.1. The lowest BCUT2D eigenvalue weighted by Crippen LogP contribution is -1.73. The number of halogens is 2. The molecule has 0 N–H and O–H groups in total. The van der Waals surface area contributed by atoms with E-state index >= 15 is 0 Å². The number of alkyl halides is 2. The Morgan fingerprint density at radius 1 is 1.57 bits per heavy atom. The molecule has 2 heteroatoms. The molecular formula is C5H8I2. The molecule has 0 rings (SSSR count). The molecule has 0 aromatic heterocycles. The van der Waals surface area contributed by atoms with E-state index in [2.05, 4.69) is 58.2 Å². The van der Waals surface area contributed by atoms with Crippen LogP contribution in [0, 0.1) is 0 Å². The second-order valence-corrected chi connectivity index (χ2v) is 2.98. The van der Waals surface area contributed by atoms with E-state index in [1.54, 1.807) is 0 Å². The number of rotatable bonds is 2. The monoisotopic (exact) mass is 322 g/mol. The van der Waals surface area contributed by atoms with Crippen LogP contribution in [0.5, 0.6) is 0 Å². The summed E-state index contributed by atoms with van der Waals surface area (Å²) in [5, 5.41) is 0. The molecule has 7 heavy (non-hydrogen) atoms. The Labute approximate surface area is 72.0 Å². The van der Waals surface area contributed by atoms with E-state index < -0.39 is 0 Å². The van der Waals surface area contributed by atoms with Gasteiger partial charge in [-0.05, 0) is 6.92 Å². The highest BCUT2D eigenvalue weighted by Crippen LogP contribution is 1.98. The van der Waals surface area contributed by atoms with Gasteiger partial charge in [0.1, 0.15) is 0 Å². The molecule has 42 valence electrons. The van der Waals surface area contributed by atoms with E-state index in [0.717, 1.165) is 4.43 Å². The summed E-state index contributed by atoms with van der Waals surface area (Å²) in [6.07, 6.45) is 2.24. The number of hydrogen-bond acceptors (Lipinski definition) is 0. The maximum atomic E-state index is 2.37. The summed E-state index contributed by atoms with van der Waals surface area (Å²) in [5.74, 6) is 0. The van der Waals surface area contributed by atoms with E-state index in [4.69, 9.17) is 0 Å². The Hall–Kier alpha value is 1.20. The molecule has 0 heterocycles. The van der Waals surface area contributed by atoms with Gasteiger partial charge in [0, 0.05) is 8.86 Å². The molecule has 0 aliphatic rings. The molecule has 0 aromatic carbocycles. The predicted octanol–water partition coefficient (Wildman–Crippen LogP) is 2.80. The first-order valence-electron chi connectivity index (χ1n) is 2.08. The summed E-state index contributed by atoms with van der Waals surface area (Å²) in [7, 11) is 0. The standard InChI is InChI=1S/C5H8I2/c1-5(4-7)2-3-6/h2H,3-4H2,1H3. The van der Waals surface area contributed by atoms with E-state index in [1.807, 2.05) is 0 Å². The summed E-state index contributed by atoms with van der Waals surface area (Å²) in [4.78, 5) is 0. The van der Waals surface area contributed by atoms with Crippen LogP contribution in [0.1, 0.15) is 6.92 Å². The van der Waals surface area contributed by atoms with Gasteiger partial charge >= 0.3 is 0 Å². The Morgan fingerprint density at radius 3 is 2.29 bits per heavy atom. The van der Waals surface area contributed by atoms with Gasteiger partial charge in [-0.25, -0.2) is 0 Å². The zero-order chi connectivity index (χ0) is 5.70. The van der Waals surface area contributed by atoms with Gasteiger partial charge in [-0.3, -0.25) is 0 Å². The Morgan fingerprint density at radius 2 is 2.14 bits per heavy atom. The maximum absolute atomic E-state index is 2.37. The van der Waals surface area contributed by atoms with Crippen molar-refractivity contribution in [1.29, 1.82) is 0 Å². The largest absolute Gasteiger partial charge is 0.0818 e. The molecule has 0 fully saturated rings. The first kappa shape index (κ1) is 8.20. The molecular weight excluding hydrogens is 314 g/mol. The molecule has 0 nitrogen and oxygen atoms in total. The van der Waals surface area contributed by atoms with Crippen molar-refractivity contribution in [3.05, 3.63) is 11.6 Å². The quantitative estimate of drug-likeness (QED) is 0.417. The van der Waals surface area contributed by atoms with Gasteiger partial charge in [-0.2, -0.15) is 0 Å². The third kappa shape index (κ3) is 5.06. The Kier molecular flexibility index (Phi) is 6.25. The fourth-order valence-electron chi connectivity index (χ4n) is 0.186. The highest BCUT2D eigenvalue weighted by molar-refractivity contribution is 14.1. The highest BCUT2D eigenvalue weighted by Gasteiger charge is 1.78. The van der Waals surface area contributed by atoms with Crippen LogP contribution in [-0.2, 0) is 0 Å². The SMILES string of the molecule is CC(=CCI)CI. The van der Waals surface area contributed by atoms with E-state index in [1.165, 1.54) is 10.0 Å². The molecule has 0 aliphatic heterocycles. The fourth-order valence-corrected chi connectivity index (χ4v) is 1.25. The molecule has 0 aliphatic carbocycles. The maximum Gasteiger partial charge on any atom is 0.0203 e. The third-order valence-corrected chi connectivity index (χ3v) is 2.28. The smallest absolute Gasteiger partial charge is 0.0203 e. The van der Waals surface area contributed by atoms with Crippen molar-refractivity contribution >= 4 is 45.2 Å². The third-order valence-electron chi connectivity index (χ3n) is 0.636. The van der Waals surface area contributed by atoms with Crippen LogP contribution in [0.2, 0.25) is 0 Å². The first-order chi connectivity index (χ1) is 3.31. The molecule has 0 aromatic rings. The molecule has 0 saturated heterocycles. The minimum absolute atomic E-state index is 1.15. The molecule has 0 saturated carbocycles. The van der Waals surface area contributed by atoms with Crippen molar-refractivity contribution in [3.63, 3.8) is 0 Å². The average molecular weight is 322 g/mol. The minimum Gasteiger partial charge on any atom is -0.0818 e. The fraction of sp³-hybridized carbons (Fsp3) is 0.600. The predicted molar refractivity (Wildman–Crippen MR) is 51.5 cm³/mol. The lowest BCUT2D eigenvalue weighted by molar-refractivity contribution is 1.42. The minimum atomic E-state index is 1.15. The van der Waals surface area contributed by atoms with Crippen LogP contribution in [0.25, 0.3) is 0 Å². The van der Waals surface area contributed by atoms with E-state index in [-0.39, 0.29) is 0 Å². The number of allylic oxidation sites excluding steroid dienone is 2. The van der Waals surface area contributed by atoms with Crippen molar-refractivity contribution in [1.82, 2.24) is 0 Å². The zero-order valence-electron chi connectivity index (χ0n) is 4.25. The molecule has 0 spiro atoms. The molecule has 0 atom stereocenters. The van der Waals surface area contributed by atoms with Crippen LogP contribution in [0.3, 0.4) is 0 Å². The highest BCUT2D eigenvalue weighted by atomic mass is 127. The van der Waals surface area contributed by atoms with Gasteiger partial charge in [0.15, 0.2) is 0 Å².